The van der Waals surface area contributed by atoms with Crippen LogP contribution in [0.1, 0.15) is 43.4 Å². The van der Waals surface area contributed by atoms with Crippen molar-refractivity contribution in [2.45, 2.75) is 44.7 Å². The molecule has 0 radical (unpaired) electrons. The van der Waals surface area contributed by atoms with Crippen LogP contribution in [0.2, 0.25) is 0 Å². The topological polar surface area (TPSA) is 29.3 Å². The lowest BCUT2D eigenvalue weighted by Gasteiger charge is -2.37. The Morgan fingerprint density at radius 3 is 2.68 bits per heavy atom. The third-order valence-electron chi connectivity index (χ3n) is 4.91. The van der Waals surface area contributed by atoms with Gasteiger partial charge in [0.1, 0.15) is 5.82 Å². The molecular formula is C16H23FN2. The van der Waals surface area contributed by atoms with Gasteiger partial charge in [-0.05, 0) is 74.9 Å². The molecule has 0 spiro atoms. The van der Waals surface area contributed by atoms with Crippen LogP contribution in [0.15, 0.2) is 18.2 Å². The first-order valence-electron chi connectivity index (χ1n) is 7.43. The molecule has 1 aromatic rings. The summed E-state index contributed by atoms with van der Waals surface area (Å²) >= 11 is 0. The maximum Gasteiger partial charge on any atom is 0.123 e. The van der Waals surface area contributed by atoms with Crippen molar-refractivity contribution < 1.29 is 4.39 Å². The van der Waals surface area contributed by atoms with Gasteiger partial charge in [0.15, 0.2) is 0 Å². The van der Waals surface area contributed by atoms with Crippen LogP contribution in [0, 0.1) is 11.7 Å². The van der Waals surface area contributed by atoms with Gasteiger partial charge in [0, 0.05) is 12.1 Å². The summed E-state index contributed by atoms with van der Waals surface area (Å²) in [5, 5.41) is 0. The summed E-state index contributed by atoms with van der Waals surface area (Å²) in [5.41, 5.74) is 8.55. The number of fused-ring (bicyclic) bond motifs is 1. The Morgan fingerprint density at radius 2 is 2.00 bits per heavy atom. The lowest BCUT2D eigenvalue weighted by atomic mass is 9.89. The zero-order valence-corrected chi connectivity index (χ0v) is 11.6. The van der Waals surface area contributed by atoms with Crippen LogP contribution >= 0.6 is 0 Å². The summed E-state index contributed by atoms with van der Waals surface area (Å²) in [7, 11) is 0. The van der Waals surface area contributed by atoms with Crippen molar-refractivity contribution in [2.75, 3.05) is 13.1 Å². The number of hydrogen-bond acceptors (Lipinski definition) is 2. The molecule has 2 N–H and O–H groups in total. The highest BCUT2D eigenvalue weighted by Gasteiger charge is 2.31. The Morgan fingerprint density at radius 1 is 1.26 bits per heavy atom. The van der Waals surface area contributed by atoms with Crippen molar-refractivity contribution in [1.82, 2.24) is 4.90 Å². The minimum Gasteiger partial charge on any atom is -0.328 e. The fourth-order valence-corrected chi connectivity index (χ4v) is 3.70. The molecule has 3 rings (SSSR count). The van der Waals surface area contributed by atoms with E-state index in [1.54, 1.807) is 12.1 Å². The van der Waals surface area contributed by atoms with Gasteiger partial charge in [0.25, 0.3) is 0 Å². The van der Waals surface area contributed by atoms with Crippen LogP contribution in [0.25, 0.3) is 0 Å². The number of nitrogens with zero attached hydrogens (tertiary/aromatic N) is 1. The maximum absolute atomic E-state index is 13.2. The first-order valence-corrected chi connectivity index (χ1v) is 7.43. The van der Waals surface area contributed by atoms with Crippen LogP contribution in [0.3, 0.4) is 0 Å². The van der Waals surface area contributed by atoms with Crippen LogP contribution in [0.5, 0.6) is 0 Å². The molecule has 19 heavy (non-hydrogen) atoms. The van der Waals surface area contributed by atoms with Gasteiger partial charge in [-0.1, -0.05) is 6.07 Å². The van der Waals surface area contributed by atoms with E-state index in [1.807, 2.05) is 6.07 Å². The number of likely N-dealkylation sites (tertiary alicyclic amines) is 1. The van der Waals surface area contributed by atoms with Crippen LogP contribution < -0.4 is 5.73 Å². The standard InChI is InChI=1S/C16H23FN2/c1-11(18)12-6-8-19(9-7-12)16-5-2-13-10-14(17)3-4-15(13)16/h3-4,10-12,16H,2,5-9,18H2,1H3. The van der Waals surface area contributed by atoms with Crippen LogP contribution in [-0.4, -0.2) is 24.0 Å². The fraction of sp³-hybridized carbons (Fsp3) is 0.625. The number of benzene rings is 1. The molecule has 0 amide bonds. The third-order valence-corrected chi connectivity index (χ3v) is 4.91. The zero-order valence-electron chi connectivity index (χ0n) is 11.6. The van der Waals surface area contributed by atoms with Crippen molar-refractivity contribution in [3.05, 3.63) is 35.1 Å². The van der Waals surface area contributed by atoms with Gasteiger partial charge < -0.3 is 5.73 Å². The second-order valence-corrected chi connectivity index (χ2v) is 6.13. The molecule has 2 aliphatic rings. The van der Waals surface area contributed by atoms with E-state index in [-0.39, 0.29) is 5.82 Å². The van der Waals surface area contributed by atoms with Gasteiger partial charge >= 0.3 is 0 Å². The molecule has 0 aromatic heterocycles. The predicted octanol–water partition coefficient (Wildman–Crippen LogP) is 2.87. The lowest BCUT2D eigenvalue weighted by Crippen LogP contribution is -2.40. The highest BCUT2D eigenvalue weighted by Crippen LogP contribution is 2.38. The summed E-state index contributed by atoms with van der Waals surface area (Å²) < 4.78 is 13.2. The van der Waals surface area contributed by atoms with E-state index in [9.17, 15) is 4.39 Å². The Kier molecular flexibility index (Phi) is 3.59. The molecule has 3 heteroatoms. The largest absolute Gasteiger partial charge is 0.328 e. The van der Waals surface area contributed by atoms with Crippen LogP contribution in [-0.2, 0) is 6.42 Å². The molecule has 1 aliphatic heterocycles. The van der Waals surface area contributed by atoms with Gasteiger partial charge in [-0.25, -0.2) is 4.39 Å². The van der Waals surface area contributed by atoms with E-state index in [1.165, 1.54) is 24.0 Å². The number of rotatable bonds is 2. The molecule has 0 bridgehead atoms. The fourth-order valence-electron chi connectivity index (χ4n) is 3.70. The van der Waals surface area contributed by atoms with Gasteiger partial charge in [-0.2, -0.15) is 0 Å². The molecule has 2 nitrogen and oxygen atoms in total. The summed E-state index contributed by atoms with van der Waals surface area (Å²) in [6, 6.07) is 6.12. The minimum atomic E-state index is -0.102. The molecule has 1 saturated heterocycles. The van der Waals surface area contributed by atoms with Crippen molar-refractivity contribution in [3.8, 4) is 0 Å². The Labute approximate surface area is 114 Å². The Balaban J connectivity index is 1.70. The predicted molar refractivity (Wildman–Crippen MR) is 75.4 cm³/mol. The van der Waals surface area contributed by atoms with Crippen molar-refractivity contribution in [1.29, 1.82) is 0 Å². The number of piperidine rings is 1. The molecular weight excluding hydrogens is 239 g/mol. The van der Waals surface area contributed by atoms with Crippen molar-refractivity contribution in [2.24, 2.45) is 11.7 Å². The molecule has 2 atom stereocenters. The van der Waals surface area contributed by atoms with Gasteiger partial charge in [0.2, 0.25) is 0 Å². The Bertz CT molecular complexity index is 450. The zero-order chi connectivity index (χ0) is 13.4. The summed E-state index contributed by atoms with van der Waals surface area (Å²) in [6.07, 6.45) is 4.56. The monoisotopic (exact) mass is 262 g/mol. The van der Waals surface area contributed by atoms with Gasteiger partial charge in [-0.3, -0.25) is 4.90 Å². The molecule has 104 valence electrons. The van der Waals surface area contributed by atoms with E-state index >= 15 is 0 Å². The summed E-state index contributed by atoms with van der Waals surface area (Å²) in [5.74, 6) is 0.570. The SMILES string of the molecule is CC(N)C1CCN(C2CCc3cc(F)ccc32)CC1. The lowest BCUT2D eigenvalue weighted by molar-refractivity contribution is 0.124. The first-order chi connectivity index (χ1) is 9.15. The first kappa shape index (κ1) is 13.1. The normalized spacial score (nSPS) is 26.4. The smallest absolute Gasteiger partial charge is 0.123 e. The third kappa shape index (κ3) is 2.54. The number of aryl methyl sites for hydroxylation is 1. The molecule has 1 fully saturated rings. The van der Waals surface area contributed by atoms with E-state index in [0.29, 0.717) is 18.0 Å². The van der Waals surface area contributed by atoms with E-state index < -0.39 is 0 Å². The highest BCUT2D eigenvalue weighted by atomic mass is 19.1. The average molecular weight is 262 g/mol. The molecule has 1 aromatic carbocycles. The number of hydrogen-bond donors (Lipinski definition) is 1. The number of nitrogens with two attached hydrogens (primary N) is 1. The highest BCUT2D eigenvalue weighted by molar-refractivity contribution is 5.35. The molecule has 2 unspecified atom stereocenters. The molecule has 1 heterocycles. The second kappa shape index (κ2) is 5.22. The van der Waals surface area contributed by atoms with E-state index in [4.69, 9.17) is 5.73 Å². The quantitative estimate of drug-likeness (QED) is 0.888. The second-order valence-electron chi connectivity index (χ2n) is 6.13. The Hall–Kier alpha value is -0.930. The van der Waals surface area contributed by atoms with E-state index in [0.717, 1.165) is 25.9 Å². The average Bonchev–Trinajstić information content (AvgIpc) is 2.81. The minimum absolute atomic E-state index is 0.102. The molecule has 0 saturated carbocycles. The van der Waals surface area contributed by atoms with Crippen LogP contribution in [0.4, 0.5) is 4.39 Å². The summed E-state index contributed by atoms with van der Waals surface area (Å²) in [6.45, 7) is 4.38. The van der Waals surface area contributed by atoms with E-state index in [2.05, 4.69) is 11.8 Å². The van der Waals surface area contributed by atoms with Gasteiger partial charge in [0.05, 0.1) is 0 Å². The van der Waals surface area contributed by atoms with Crippen molar-refractivity contribution in [3.63, 3.8) is 0 Å². The van der Waals surface area contributed by atoms with Crippen molar-refractivity contribution >= 4 is 0 Å². The van der Waals surface area contributed by atoms with Gasteiger partial charge in [-0.15, -0.1) is 0 Å². The maximum atomic E-state index is 13.2. The summed E-state index contributed by atoms with van der Waals surface area (Å²) in [4.78, 5) is 2.57. The molecule has 1 aliphatic carbocycles. The number of halogens is 1.